The van der Waals surface area contributed by atoms with E-state index in [4.69, 9.17) is 4.98 Å². The maximum atomic E-state index is 13.0. The van der Waals surface area contributed by atoms with Crippen molar-refractivity contribution in [1.29, 1.82) is 0 Å². The minimum absolute atomic E-state index is 0.242. The number of aromatic nitrogens is 6. The summed E-state index contributed by atoms with van der Waals surface area (Å²) in [4.78, 5) is 30.1. The molecule has 2 N–H and O–H groups in total. The van der Waals surface area contributed by atoms with Crippen molar-refractivity contribution in [3.05, 3.63) is 71.0 Å². The Balaban J connectivity index is 1.38. The Kier molecular flexibility index (Phi) is 5.89. The molecular weight excluding hydrogens is 450 g/mol. The van der Waals surface area contributed by atoms with Crippen molar-refractivity contribution in [3.63, 3.8) is 0 Å². The van der Waals surface area contributed by atoms with Crippen LogP contribution in [0.15, 0.2) is 70.6 Å². The number of hydrogen-bond acceptors (Lipinski definition) is 6. The molecule has 10 heteroatoms. The van der Waals surface area contributed by atoms with Crippen molar-refractivity contribution in [3.8, 4) is 5.69 Å². The third-order valence-electron chi connectivity index (χ3n) is 5.57. The quantitative estimate of drug-likeness (QED) is 0.346. The molecule has 1 amide bonds. The van der Waals surface area contributed by atoms with Crippen LogP contribution in [0.4, 0.5) is 5.82 Å². The monoisotopic (exact) mass is 473 g/mol. The van der Waals surface area contributed by atoms with Crippen LogP contribution in [-0.2, 0) is 11.3 Å². The number of aromatic amines is 1. The molecule has 0 aliphatic rings. The lowest BCUT2D eigenvalue weighted by molar-refractivity contribution is -0.115. The van der Waals surface area contributed by atoms with Gasteiger partial charge in [0, 0.05) is 18.0 Å². The van der Waals surface area contributed by atoms with E-state index in [2.05, 4.69) is 32.1 Å². The van der Waals surface area contributed by atoms with Gasteiger partial charge in [0.25, 0.3) is 5.56 Å². The molecule has 1 atom stereocenters. The Morgan fingerprint density at radius 2 is 1.85 bits per heavy atom. The molecule has 9 nitrogen and oxygen atoms in total. The van der Waals surface area contributed by atoms with Gasteiger partial charge in [0.2, 0.25) is 11.1 Å². The summed E-state index contributed by atoms with van der Waals surface area (Å²) >= 11 is 1.26. The molecule has 5 aromatic rings. The number of hydrogen-bond donors (Lipinski definition) is 2. The molecular formula is C24H23N7O2S. The molecule has 172 valence electrons. The summed E-state index contributed by atoms with van der Waals surface area (Å²) in [5, 5.41) is 15.4. The van der Waals surface area contributed by atoms with Crippen molar-refractivity contribution in [2.75, 3.05) is 5.32 Å². The van der Waals surface area contributed by atoms with Gasteiger partial charge in [0.15, 0.2) is 5.65 Å². The Hall–Kier alpha value is -3.92. The lowest BCUT2D eigenvalue weighted by Crippen LogP contribution is -2.25. The van der Waals surface area contributed by atoms with Crippen molar-refractivity contribution >= 4 is 45.6 Å². The van der Waals surface area contributed by atoms with Crippen molar-refractivity contribution < 1.29 is 4.79 Å². The average molecular weight is 474 g/mol. The molecule has 0 aliphatic heterocycles. The number of H-pyrrole nitrogens is 1. The van der Waals surface area contributed by atoms with Gasteiger partial charge >= 0.3 is 0 Å². The van der Waals surface area contributed by atoms with E-state index in [-0.39, 0.29) is 11.5 Å². The molecule has 34 heavy (non-hydrogen) atoms. The summed E-state index contributed by atoms with van der Waals surface area (Å²) in [6, 6.07) is 18.6. The fraction of sp³-hybridized carbons (Fsp3) is 0.208. The highest BCUT2D eigenvalue weighted by Gasteiger charge is 2.22. The SMILES string of the molecule is CCC(Sc1nnc2c3ccccc3n(CC)c2n1)C(=O)Nc1cc(=O)n(-c2ccccc2)[nH]1. The molecule has 3 heterocycles. The molecule has 0 spiro atoms. The highest BCUT2D eigenvalue weighted by atomic mass is 32.2. The normalized spacial score (nSPS) is 12.3. The number of benzene rings is 2. The number of rotatable bonds is 7. The third-order valence-corrected chi connectivity index (χ3v) is 6.79. The van der Waals surface area contributed by atoms with Crippen LogP contribution in [0.2, 0.25) is 0 Å². The highest BCUT2D eigenvalue weighted by Crippen LogP contribution is 2.29. The van der Waals surface area contributed by atoms with Gasteiger partial charge in [0.05, 0.1) is 16.5 Å². The van der Waals surface area contributed by atoms with Gasteiger partial charge in [-0.15, -0.1) is 10.2 Å². The number of nitrogens with zero attached hydrogens (tertiary/aromatic N) is 5. The smallest absolute Gasteiger partial charge is 0.273 e. The van der Waals surface area contributed by atoms with Gasteiger partial charge in [-0.1, -0.05) is 55.1 Å². The van der Waals surface area contributed by atoms with E-state index in [1.165, 1.54) is 22.5 Å². The van der Waals surface area contributed by atoms with Crippen LogP contribution in [0, 0.1) is 0 Å². The van der Waals surface area contributed by atoms with E-state index in [1.807, 2.05) is 61.5 Å². The highest BCUT2D eigenvalue weighted by molar-refractivity contribution is 8.00. The van der Waals surface area contributed by atoms with Crippen LogP contribution < -0.4 is 10.9 Å². The van der Waals surface area contributed by atoms with Crippen LogP contribution in [0.3, 0.4) is 0 Å². The summed E-state index contributed by atoms with van der Waals surface area (Å²) in [5.74, 6) is 0.0900. The van der Waals surface area contributed by atoms with Crippen molar-refractivity contribution in [2.24, 2.45) is 0 Å². The van der Waals surface area contributed by atoms with E-state index in [1.54, 1.807) is 0 Å². The van der Waals surface area contributed by atoms with Gasteiger partial charge in [-0.05, 0) is 31.5 Å². The number of carbonyl (C=O) groups is 1. The Morgan fingerprint density at radius 3 is 2.62 bits per heavy atom. The Morgan fingerprint density at radius 1 is 1.09 bits per heavy atom. The standard InChI is InChI=1S/C24H23N7O2S/c1-3-18(23(33)25-19-14-20(32)31(29-19)15-10-6-5-7-11-15)34-24-26-22-21(27-28-24)16-12-8-9-13-17(16)30(22)4-2/h5-14,18,29H,3-4H2,1-2H3,(H,25,33). The van der Waals surface area contributed by atoms with E-state index in [9.17, 15) is 9.59 Å². The van der Waals surface area contributed by atoms with Crippen LogP contribution in [-0.4, -0.2) is 40.7 Å². The fourth-order valence-electron chi connectivity index (χ4n) is 3.95. The molecule has 2 aromatic carbocycles. The predicted molar refractivity (Wildman–Crippen MR) is 133 cm³/mol. The van der Waals surface area contributed by atoms with Gasteiger partial charge in [-0.2, -0.15) is 0 Å². The number of fused-ring (bicyclic) bond motifs is 3. The predicted octanol–water partition coefficient (Wildman–Crippen LogP) is 3.99. The maximum Gasteiger partial charge on any atom is 0.273 e. The summed E-state index contributed by atoms with van der Waals surface area (Å²) < 4.78 is 3.48. The lowest BCUT2D eigenvalue weighted by atomic mass is 10.2. The second-order valence-electron chi connectivity index (χ2n) is 7.71. The molecule has 1 unspecified atom stereocenters. The minimum atomic E-state index is -0.456. The second kappa shape index (κ2) is 9.14. The molecule has 5 rings (SSSR count). The molecule has 0 bridgehead atoms. The molecule has 0 radical (unpaired) electrons. The number of aryl methyl sites for hydroxylation is 1. The van der Waals surface area contributed by atoms with Crippen LogP contribution >= 0.6 is 11.8 Å². The fourth-order valence-corrected chi connectivity index (χ4v) is 4.76. The third kappa shape index (κ3) is 3.96. The number of nitrogens with one attached hydrogen (secondary N) is 2. The summed E-state index contributed by atoms with van der Waals surface area (Å²) in [7, 11) is 0. The summed E-state index contributed by atoms with van der Waals surface area (Å²) in [6.45, 7) is 4.73. The second-order valence-corrected chi connectivity index (χ2v) is 8.88. The zero-order valence-electron chi connectivity index (χ0n) is 18.7. The zero-order chi connectivity index (χ0) is 23.7. The van der Waals surface area contributed by atoms with Gasteiger partial charge in [-0.25, -0.2) is 9.67 Å². The topological polar surface area (TPSA) is 110 Å². The first kappa shape index (κ1) is 21.9. The maximum absolute atomic E-state index is 13.0. The first-order valence-corrected chi connectivity index (χ1v) is 11.9. The molecule has 0 aliphatic carbocycles. The Bertz CT molecular complexity index is 1540. The summed E-state index contributed by atoms with van der Waals surface area (Å²) in [6.07, 6.45) is 0.554. The van der Waals surface area contributed by atoms with Gasteiger partial charge in [0.1, 0.15) is 11.3 Å². The van der Waals surface area contributed by atoms with Crippen LogP contribution in [0.5, 0.6) is 0 Å². The number of para-hydroxylation sites is 2. The van der Waals surface area contributed by atoms with Crippen LogP contribution in [0.25, 0.3) is 27.8 Å². The first-order valence-electron chi connectivity index (χ1n) is 11.1. The van der Waals surface area contributed by atoms with E-state index in [0.29, 0.717) is 23.1 Å². The van der Waals surface area contributed by atoms with Gasteiger partial charge < -0.3 is 9.88 Å². The van der Waals surface area contributed by atoms with E-state index < -0.39 is 5.25 Å². The number of thioether (sulfide) groups is 1. The lowest BCUT2D eigenvalue weighted by Gasteiger charge is -2.12. The molecule has 0 fully saturated rings. The number of anilines is 1. The Labute approximate surface area is 199 Å². The largest absolute Gasteiger partial charge is 0.324 e. The van der Waals surface area contributed by atoms with Crippen molar-refractivity contribution in [1.82, 2.24) is 29.5 Å². The van der Waals surface area contributed by atoms with E-state index in [0.717, 1.165) is 28.6 Å². The minimum Gasteiger partial charge on any atom is -0.324 e. The molecule has 0 saturated heterocycles. The molecule has 3 aromatic heterocycles. The summed E-state index contributed by atoms with van der Waals surface area (Å²) in [5.41, 5.74) is 2.99. The van der Waals surface area contributed by atoms with E-state index >= 15 is 0 Å². The van der Waals surface area contributed by atoms with Crippen LogP contribution in [0.1, 0.15) is 20.3 Å². The van der Waals surface area contributed by atoms with Gasteiger partial charge in [-0.3, -0.25) is 14.7 Å². The first-order chi connectivity index (χ1) is 16.6. The van der Waals surface area contributed by atoms with Crippen molar-refractivity contribution in [2.45, 2.75) is 37.2 Å². The number of carbonyl (C=O) groups excluding carboxylic acids is 1. The number of amides is 1. The molecule has 0 saturated carbocycles. The zero-order valence-corrected chi connectivity index (χ0v) is 19.5. The average Bonchev–Trinajstić information content (AvgIpc) is 3.39.